The van der Waals surface area contributed by atoms with E-state index in [1.807, 2.05) is 32.9 Å². The molecule has 12 heteroatoms. The number of anilines is 1. The van der Waals surface area contributed by atoms with Crippen LogP contribution in [0, 0.1) is 5.41 Å². The number of benzene rings is 1. The maximum Gasteiger partial charge on any atom is 0.410 e. The van der Waals surface area contributed by atoms with Gasteiger partial charge in [-0.2, -0.15) is 0 Å². The summed E-state index contributed by atoms with van der Waals surface area (Å²) >= 11 is 0. The number of nitrogens with one attached hydrogen (secondary N) is 1. The van der Waals surface area contributed by atoms with E-state index in [0.717, 1.165) is 76.0 Å². The Labute approximate surface area is 277 Å². The minimum Gasteiger partial charge on any atom is -0.494 e. The van der Waals surface area contributed by atoms with Gasteiger partial charge in [-0.1, -0.05) is 0 Å². The predicted octanol–water partition coefficient (Wildman–Crippen LogP) is 3.31. The smallest absolute Gasteiger partial charge is 0.410 e. The summed E-state index contributed by atoms with van der Waals surface area (Å²) in [5.74, 6) is -0.157. The molecular formula is C35H49N5O7. The highest BCUT2D eigenvalue weighted by Gasteiger charge is 2.50. The van der Waals surface area contributed by atoms with Crippen molar-refractivity contribution < 1.29 is 33.4 Å². The number of amides is 4. The second kappa shape index (κ2) is 12.3. The van der Waals surface area contributed by atoms with Gasteiger partial charge in [0.15, 0.2) is 0 Å². The number of nitrogens with zero attached hydrogens (tertiary/aromatic N) is 4. The van der Waals surface area contributed by atoms with E-state index in [1.165, 1.54) is 0 Å². The van der Waals surface area contributed by atoms with Gasteiger partial charge in [-0.3, -0.25) is 24.6 Å². The quantitative estimate of drug-likeness (QED) is 0.462. The van der Waals surface area contributed by atoms with Gasteiger partial charge in [-0.15, -0.1) is 0 Å². The minimum absolute atomic E-state index is 0.182. The molecule has 1 aliphatic carbocycles. The van der Waals surface area contributed by atoms with E-state index in [-0.39, 0.29) is 30.4 Å². The number of carbonyl (C=O) groups excluding carboxylic acids is 4. The van der Waals surface area contributed by atoms with Gasteiger partial charge in [-0.05, 0) is 83.3 Å². The SMILES string of the molecule is COc1c(N2CCC3(CC2)CN(C2CC(OC4CCN(C(=O)OC(C)(C)C)CC4)C2)C3)ccc2c1CN(C1CCC(=O)NC1=O)C2=O. The first-order valence-electron chi connectivity index (χ1n) is 17.4. The highest BCUT2D eigenvalue weighted by atomic mass is 16.6. The highest BCUT2D eigenvalue weighted by Crippen LogP contribution is 2.47. The van der Waals surface area contributed by atoms with E-state index < -0.39 is 17.6 Å². The fourth-order valence-corrected chi connectivity index (χ4v) is 8.41. The third-order valence-corrected chi connectivity index (χ3v) is 11.2. The van der Waals surface area contributed by atoms with Crippen LogP contribution in [0.15, 0.2) is 12.1 Å². The molecule has 1 spiro atoms. The van der Waals surface area contributed by atoms with Gasteiger partial charge >= 0.3 is 6.09 Å². The van der Waals surface area contributed by atoms with Gasteiger partial charge in [-0.25, -0.2) is 4.79 Å². The van der Waals surface area contributed by atoms with Crippen molar-refractivity contribution in [2.24, 2.45) is 5.41 Å². The van der Waals surface area contributed by atoms with Crippen molar-refractivity contribution in [1.29, 1.82) is 0 Å². The largest absolute Gasteiger partial charge is 0.494 e. The van der Waals surface area contributed by atoms with Crippen LogP contribution in [0.5, 0.6) is 5.75 Å². The molecule has 1 atom stereocenters. The zero-order valence-electron chi connectivity index (χ0n) is 28.2. The number of imide groups is 1. The first-order chi connectivity index (χ1) is 22.4. The third-order valence-electron chi connectivity index (χ3n) is 11.2. The van der Waals surface area contributed by atoms with E-state index in [4.69, 9.17) is 14.2 Å². The minimum atomic E-state index is -0.640. The summed E-state index contributed by atoms with van der Waals surface area (Å²) in [5.41, 5.74) is 2.30. The summed E-state index contributed by atoms with van der Waals surface area (Å²) in [7, 11) is 1.65. The number of methoxy groups -OCH3 is 1. The van der Waals surface area contributed by atoms with Gasteiger partial charge in [0.05, 0.1) is 31.5 Å². The number of rotatable bonds is 6. The van der Waals surface area contributed by atoms with Crippen molar-refractivity contribution >= 4 is 29.5 Å². The van der Waals surface area contributed by atoms with Crippen LogP contribution in [0.1, 0.15) is 88.1 Å². The Morgan fingerprint density at radius 3 is 2.30 bits per heavy atom. The van der Waals surface area contributed by atoms with E-state index in [2.05, 4.69) is 15.1 Å². The zero-order valence-corrected chi connectivity index (χ0v) is 28.2. The van der Waals surface area contributed by atoms with Crippen molar-refractivity contribution in [3.05, 3.63) is 23.3 Å². The Morgan fingerprint density at radius 1 is 0.957 bits per heavy atom. The molecular weight excluding hydrogens is 602 g/mol. The van der Waals surface area contributed by atoms with Crippen LogP contribution in [-0.4, -0.2) is 115 Å². The van der Waals surface area contributed by atoms with Gasteiger partial charge < -0.3 is 28.9 Å². The zero-order chi connectivity index (χ0) is 33.1. The lowest BCUT2D eigenvalue weighted by Crippen LogP contribution is -2.65. The second-order valence-corrected chi connectivity index (χ2v) is 15.5. The van der Waals surface area contributed by atoms with Crippen LogP contribution in [0.4, 0.5) is 10.5 Å². The fraction of sp³-hybridized carbons (Fsp3) is 0.714. The summed E-state index contributed by atoms with van der Waals surface area (Å²) in [6.07, 6.45) is 7.06. The number of ether oxygens (including phenoxy) is 3. The van der Waals surface area contributed by atoms with Gasteiger partial charge in [0, 0.05) is 62.9 Å². The molecule has 1 aromatic rings. The molecule has 0 radical (unpaired) electrons. The number of fused-ring (bicyclic) bond motifs is 1. The normalized spacial score (nSPS) is 28.1. The lowest BCUT2D eigenvalue weighted by molar-refractivity contribution is -0.138. The molecule has 0 bridgehead atoms. The predicted molar refractivity (Wildman–Crippen MR) is 173 cm³/mol. The summed E-state index contributed by atoms with van der Waals surface area (Å²) in [5, 5.41) is 2.37. The summed E-state index contributed by atoms with van der Waals surface area (Å²) in [6, 6.07) is 3.83. The molecule has 1 saturated carbocycles. The van der Waals surface area contributed by atoms with Crippen LogP contribution < -0.4 is 15.0 Å². The van der Waals surface area contributed by atoms with Crippen molar-refractivity contribution in [2.75, 3.05) is 51.3 Å². The first kappa shape index (κ1) is 32.2. The number of likely N-dealkylation sites (tertiary alicyclic amines) is 2. The number of hydrogen-bond acceptors (Lipinski definition) is 9. The molecule has 4 saturated heterocycles. The van der Waals surface area contributed by atoms with Crippen molar-refractivity contribution in [1.82, 2.24) is 20.0 Å². The molecule has 1 aromatic carbocycles. The standard InChI is InChI=1S/C35H49N5O7/c1-34(2,3)47-33(44)38-13-9-23(10-14-38)46-24-17-22(18-24)39-20-35(21-39)11-15-37(16-12-35)27-6-5-25-26(30(27)45-4)19-40(32(25)43)28-7-8-29(41)36-31(28)42/h5-6,22-24,28H,7-21H2,1-4H3,(H,36,41,42). The van der Waals surface area contributed by atoms with Crippen LogP contribution >= 0.6 is 0 Å². The van der Waals surface area contributed by atoms with Crippen molar-refractivity contribution in [3.63, 3.8) is 0 Å². The average molecular weight is 652 g/mol. The van der Waals surface area contributed by atoms with Crippen LogP contribution in [0.3, 0.4) is 0 Å². The molecule has 256 valence electrons. The Kier molecular flexibility index (Phi) is 8.39. The molecule has 0 aromatic heterocycles. The molecule has 5 heterocycles. The Hall–Kier alpha value is -3.38. The molecule has 6 aliphatic rings. The Morgan fingerprint density at radius 2 is 1.66 bits per heavy atom. The Balaban J connectivity index is 0.863. The highest BCUT2D eigenvalue weighted by molar-refractivity contribution is 6.06. The lowest BCUT2D eigenvalue weighted by atomic mass is 9.69. The summed E-state index contributed by atoms with van der Waals surface area (Å²) < 4.78 is 17.9. The first-order valence-corrected chi connectivity index (χ1v) is 17.4. The third kappa shape index (κ3) is 6.30. The summed E-state index contributed by atoms with van der Waals surface area (Å²) in [4.78, 5) is 58.2. The van der Waals surface area contributed by atoms with Crippen LogP contribution in [-0.2, 0) is 25.6 Å². The monoisotopic (exact) mass is 651 g/mol. The topological polar surface area (TPSA) is 121 Å². The van der Waals surface area contributed by atoms with Crippen molar-refractivity contribution in [2.45, 2.75) is 109 Å². The van der Waals surface area contributed by atoms with Crippen LogP contribution in [0.2, 0.25) is 0 Å². The van der Waals surface area contributed by atoms with E-state index >= 15 is 0 Å². The molecule has 4 amide bonds. The van der Waals surface area contributed by atoms with E-state index in [1.54, 1.807) is 16.9 Å². The summed E-state index contributed by atoms with van der Waals surface area (Å²) in [6.45, 7) is 11.5. The van der Waals surface area contributed by atoms with Gasteiger partial charge in [0.1, 0.15) is 17.4 Å². The number of piperidine rings is 3. The molecule has 5 fully saturated rings. The van der Waals surface area contributed by atoms with E-state index in [9.17, 15) is 19.2 Å². The maximum absolute atomic E-state index is 13.3. The molecule has 12 nitrogen and oxygen atoms in total. The molecule has 1 unspecified atom stereocenters. The van der Waals surface area contributed by atoms with Crippen LogP contribution in [0.25, 0.3) is 0 Å². The number of carbonyl (C=O) groups is 4. The average Bonchev–Trinajstić information content (AvgIpc) is 3.32. The molecule has 5 aliphatic heterocycles. The Bertz CT molecular complexity index is 1410. The van der Waals surface area contributed by atoms with Crippen molar-refractivity contribution in [3.8, 4) is 5.75 Å². The lowest BCUT2D eigenvalue weighted by Gasteiger charge is -2.59. The van der Waals surface area contributed by atoms with E-state index in [0.29, 0.717) is 54.9 Å². The molecule has 47 heavy (non-hydrogen) atoms. The van der Waals surface area contributed by atoms with Gasteiger partial charge in [0.25, 0.3) is 5.91 Å². The van der Waals surface area contributed by atoms with Gasteiger partial charge in [0.2, 0.25) is 11.8 Å². The molecule has 1 N–H and O–H groups in total. The maximum atomic E-state index is 13.3. The fourth-order valence-electron chi connectivity index (χ4n) is 8.41. The second-order valence-electron chi connectivity index (χ2n) is 15.5. The number of hydrogen-bond donors (Lipinski definition) is 1. The molecule has 7 rings (SSSR count).